The van der Waals surface area contributed by atoms with Crippen LogP contribution in [-0.2, 0) is 17.8 Å². The van der Waals surface area contributed by atoms with Crippen molar-refractivity contribution in [1.82, 2.24) is 15.5 Å². The summed E-state index contributed by atoms with van der Waals surface area (Å²) >= 11 is 0. The van der Waals surface area contributed by atoms with Gasteiger partial charge in [0.2, 0.25) is 5.91 Å². The number of H-pyrrole nitrogens is 1. The summed E-state index contributed by atoms with van der Waals surface area (Å²) in [6.07, 6.45) is 0.375. The molecule has 0 radical (unpaired) electrons. The molecule has 0 fully saturated rings. The van der Waals surface area contributed by atoms with E-state index in [0.717, 1.165) is 22.5 Å². The minimum atomic E-state index is 0.0223. The fourth-order valence-electron chi connectivity index (χ4n) is 2.08. The van der Waals surface area contributed by atoms with Gasteiger partial charge in [-0.05, 0) is 26.3 Å². The van der Waals surface area contributed by atoms with Crippen LogP contribution in [0.1, 0.15) is 28.1 Å². The number of hydrogen-bond donors (Lipinski definition) is 2. The molecule has 1 aromatic heterocycles. The number of nitrogens with one attached hydrogen (secondary N) is 2. The van der Waals surface area contributed by atoms with E-state index in [9.17, 15) is 4.79 Å². The summed E-state index contributed by atoms with van der Waals surface area (Å²) in [5.74, 6) is 0.0223. The summed E-state index contributed by atoms with van der Waals surface area (Å²) in [7, 11) is 0. The first-order valence-corrected chi connectivity index (χ1v) is 6.39. The SMILES string of the molecule is Cc1cccc(CNC(=O)Cc2c(C)n[nH]c2C)c1. The fourth-order valence-corrected chi connectivity index (χ4v) is 2.08. The lowest BCUT2D eigenvalue weighted by atomic mass is 10.1. The Morgan fingerprint density at radius 2 is 2.11 bits per heavy atom. The average molecular weight is 257 g/mol. The predicted octanol–water partition coefficient (Wildman–Crippen LogP) is 2.19. The van der Waals surface area contributed by atoms with E-state index >= 15 is 0 Å². The van der Waals surface area contributed by atoms with Crippen LogP contribution in [0.5, 0.6) is 0 Å². The summed E-state index contributed by atoms with van der Waals surface area (Å²) in [6, 6.07) is 8.14. The van der Waals surface area contributed by atoms with Crippen LogP contribution in [0.25, 0.3) is 0 Å². The Morgan fingerprint density at radius 3 is 2.74 bits per heavy atom. The second-order valence-electron chi connectivity index (χ2n) is 4.86. The quantitative estimate of drug-likeness (QED) is 0.882. The minimum absolute atomic E-state index is 0.0223. The van der Waals surface area contributed by atoms with Crippen molar-refractivity contribution in [2.75, 3.05) is 0 Å². The number of carbonyl (C=O) groups is 1. The van der Waals surface area contributed by atoms with E-state index in [-0.39, 0.29) is 5.91 Å². The summed E-state index contributed by atoms with van der Waals surface area (Å²) in [6.45, 7) is 6.45. The Labute approximate surface area is 113 Å². The molecule has 2 aromatic rings. The van der Waals surface area contributed by atoms with Crippen molar-refractivity contribution in [1.29, 1.82) is 0 Å². The van der Waals surface area contributed by atoms with E-state index in [2.05, 4.69) is 21.6 Å². The molecule has 0 saturated heterocycles. The third-order valence-electron chi connectivity index (χ3n) is 3.19. The second-order valence-corrected chi connectivity index (χ2v) is 4.86. The fraction of sp³-hybridized carbons (Fsp3) is 0.333. The first kappa shape index (κ1) is 13.3. The number of aromatic amines is 1. The van der Waals surface area contributed by atoms with Crippen molar-refractivity contribution in [3.05, 3.63) is 52.3 Å². The number of amides is 1. The molecule has 0 unspecified atom stereocenters. The molecule has 2 rings (SSSR count). The van der Waals surface area contributed by atoms with Crippen LogP contribution in [0, 0.1) is 20.8 Å². The Balaban J connectivity index is 1.92. The van der Waals surface area contributed by atoms with Crippen molar-refractivity contribution >= 4 is 5.91 Å². The Bertz CT molecular complexity index is 567. The number of aromatic nitrogens is 2. The molecule has 0 aliphatic rings. The van der Waals surface area contributed by atoms with Crippen molar-refractivity contribution < 1.29 is 4.79 Å². The zero-order chi connectivity index (χ0) is 13.8. The van der Waals surface area contributed by atoms with Crippen molar-refractivity contribution in [3.8, 4) is 0 Å². The molecule has 0 aliphatic heterocycles. The lowest BCUT2D eigenvalue weighted by molar-refractivity contribution is -0.120. The van der Waals surface area contributed by atoms with Crippen LogP contribution in [0.15, 0.2) is 24.3 Å². The highest BCUT2D eigenvalue weighted by Gasteiger charge is 2.10. The molecule has 19 heavy (non-hydrogen) atoms. The van der Waals surface area contributed by atoms with Gasteiger partial charge in [0.15, 0.2) is 0 Å². The molecule has 1 heterocycles. The van der Waals surface area contributed by atoms with Gasteiger partial charge in [-0.25, -0.2) is 0 Å². The third-order valence-corrected chi connectivity index (χ3v) is 3.19. The predicted molar refractivity (Wildman–Crippen MR) is 74.8 cm³/mol. The van der Waals surface area contributed by atoms with Crippen LogP contribution in [0.3, 0.4) is 0 Å². The van der Waals surface area contributed by atoms with Gasteiger partial charge in [-0.1, -0.05) is 29.8 Å². The molecule has 1 amide bonds. The van der Waals surface area contributed by atoms with E-state index in [0.29, 0.717) is 13.0 Å². The largest absolute Gasteiger partial charge is 0.352 e. The number of benzene rings is 1. The first-order valence-electron chi connectivity index (χ1n) is 6.39. The van der Waals surface area contributed by atoms with Crippen molar-refractivity contribution in [2.24, 2.45) is 0 Å². The molecule has 4 nitrogen and oxygen atoms in total. The number of hydrogen-bond acceptors (Lipinski definition) is 2. The summed E-state index contributed by atoms with van der Waals surface area (Å²) < 4.78 is 0. The average Bonchev–Trinajstić information content (AvgIpc) is 2.68. The molecule has 0 spiro atoms. The molecule has 100 valence electrons. The first-order chi connectivity index (χ1) is 9.06. The van der Waals surface area contributed by atoms with E-state index < -0.39 is 0 Å². The molecule has 0 aliphatic carbocycles. The minimum Gasteiger partial charge on any atom is -0.352 e. The normalized spacial score (nSPS) is 10.5. The lowest BCUT2D eigenvalue weighted by Crippen LogP contribution is -2.25. The Hall–Kier alpha value is -2.10. The van der Waals surface area contributed by atoms with Gasteiger partial charge < -0.3 is 5.32 Å². The maximum atomic E-state index is 11.9. The smallest absolute Gasteiger partial charge is 0.224 e. The van der Waals surface area contributed by atoms with Crippen LogP contribution < -0.4 is 5.32 Å². The maximum absolute atomic E-state index is 11.9. The van der Waals surface area contributed by atoms with Gasteiger partial charge in [0, 0.05) is 17.8 Å². The number of rotatable bonds is 4. The zero-order valence-corrected chi connectivity index (χ0v) is 11.6. The molecule has 0 saturated carbocycles. The Kier molecular flexibility index (Phi) is 4.00. The molecule has 4 heteroatoms. The highest BCUT2D eigenvalue weighted by Crippen LogP contribution is 2.10. The number of aryl methyl sites for hydroxylation is 3. The van der Waals surface area contributed by atoms with Crippen LogP contribution >= 0.6 is 0 Å². The third kappa shape index (κ3) is 3.44. The van der Waals surface area contributed by atoms with E-state index in [4.69, 9.17) is 0 Å². The van der Waals surface area contributed by atoms with Crippen molar-refractivity contribution in [2.45, 2.75) is 33.7 Å². The zero-order valence-electron chi connectivity index (χ0n) is 11.6. The molecular weight excluding hydrogens is 238 g/mol. The topological polar surface area (TPSA) is 57.8 Å². The molecule has 0 bridgehead atoms. The molecule has 2 N–H and O–H groups in total. The number of nitrogens with zero attached hydrogens (tertiary/aromatic N) is 1. The number of carbonyl (C=O) groups excluding carboxylic acids is 1. The summed E-state index contributed by atoms with van der Waals surface area (Å²) in [5.41, 5.74) is 5.16. The van der Waals surface area contributed by atoms with Crippen molar-refractivity contribution in [3.63, 3.8) is 0 Å². The maximum Gasteiger partial charge on any atom is 0.224 e. The second kappa shape index (κ2) is 5.69. The van der Waals surface area contributed by atoms with Crippen LogP contribution in [0.2, 0.25) is 0 Å². The van der Waals surface area contributed by atoms with Gasteiger partial charge in [-0.2, -0.15) is 5.10 Å². The highest BCUT2D eigenvalue weighted by molar-refractivity contribution is 5.79. The van der Waals surface area contributed by atoms with E-state index in [1.165, 1.54) is 5.56 Å². The van der Waals surface area contributed by atoms with Gasteiger partial charge in [-0.3, -0.25) is 9.89 Å². The molecular formula is C15H19N3O. The van der Waals surface area contributed by atoms with Gasteiger partial charge in [0.05, 0.1) is 12.1 Å². The molecule has 0 atom stereocenters. The molecule has 1 aromatic carbocycles. The summed E-state index contributed by atoms with van der Waals surface area (Å²) in [5, 5.41) is 9.93. The van der Waals surface area contributed by atoms with Gasteiger partial charge in [-0.15, -0.1) is 0 Å². The Morgan fingerprint density at radius 1 is 1.32 bits per heavy atom. The summed E-state index contributed by atoms with van der Waals surface area (Å²) in [4.78, 5) is 11.9. The van der Waals surface area contributed by atoms with E-state index in [1.54, 1.807) is 0 Å². The van der Waals surface area contributed by atoms with E-state index in [1.807, 2.05) is 39.0 Å². The van der Waals surface area contributed by atoms with Gasteiger partial charge in [0.25, 0.3) is 0 Å². The standard InChI is InChI=1S/C15H19N3O/c1-10-5-4-6-13(7-10)9-16-15(19)8-14-11(2)17-18-12(14)3/h4-7H,8-9H2,1-3H3,(H,16,19)(H,17,18). The highest BCUT2D eigenvalue weighted by atomic mass is 16.1. The van der Waals surface area contributed by atoms with Gasteiger partial charge in [0.1, 0.15) is 0 Å². The van der Waals surface area contributed by atoms with Gasteiger partial charge >= 0.3 is 0 Å². The monoisotopic (exact) mass is 257 g/mol. The lowest BCUT2D eigenvalue weighted by Gasteiger charge is -2.06. The van der Waals surface area contributed by atoms with Crippen LogP contribution in [0.4, 0.5) is 0 Å². The van der Waals surface area contributed by atoms with Crippen LogP contribution in [-0.4, -0.2) is 16.1 Å².